The Hall–Kier alpha value is -3.34. The smallest absolute Gasteiger partial charge is 0.229 e. The summed E-state index contributed by atoms with van der Waals surface area (Å²) in [6, 6.07) is 6.05. The number of carbonyl (C=O) groups is 1. The molecule has 3 aromatic heterocycles. The van der Waals surface area contributed by atoms with Gasteiger partial charge in [-0.25, -0.2) is 9.97 Å². The Bertz CT molecular complexity index is 1380. The lowest BCUT2D eigenvalue weighted by atomic mass is 9.91. The number of nitrogens with one attached hydrogen (secondary N) is 1. The first-order valence-electron chi connectivity index (χ1n) is 13.3. The fourth-order valence-corrected chi connectivity index (χ4v) is 5.87. The second-order valence-electron chi connectivity index (χ2n) is 10.9. The summed E-state index contributed by atoms with van der Waals surface area (Å²) in [5, 5.41) is 4.96. The number of hydrogen-bond acceptors (Lipinski definition) is 6. The van der Waals surface area contributed by atoms with E-state index in [2.05, 4.69) is 50.1 Å². The Labute approximate surface area is 218 Å². The molecule has 0 aromatic carbocycles. The van der Waals surface area contributed by atoms with E-state index >= 15 is 0 Å². The maximum atomic E-state index is 13.0. The van der Waals surface area contributed by atoms with Crippen molar-refractivity contribution in [2.24, 2.45) is 11.3 Å². The molecule has 1 N–H and O–H groups in total. The summed E-state index contributed by atoms with van der Waals surface area (Å²) >= 11 is 0. The summed E-state index contributed by atoms with van der Waals surface area (Å²) < 4.78 is 5.47. The largest absolute Gasteiger partial charge is 0.381 e. The zero-order valence-electron chi connectivity index (χ0n) is 21.6. The molecule has 1 amide bonds. The molecule has 7 heteroatoms. The topological polar surface area (TPSA) is 80.2 Å². The van der Waals surface area contributed by atoms with Crippen molar-refractivity contribution in [3.8, 4) is 11.8 Å². The molecule has 6 rings (SSSR count). The first kappa shape index (κ1) is 24.0. The number of fused-ring (bicyclic) bond motifs is 1. The maximum absolute atomic E-state index is 13.0. The summed E-state index contributed by atoms with van der Waals surface area (Å²) in [7, 11) is 2.15. The third-order valence-corrected chi connectivity index (χ3v) is 8.52. The van der Waals surface area contributed by atoms with E-state index in [0.717, 1.165) is 86.1 Å². The van der Waals surface area contributed by atoms with Gasteiger partial charge in [0.05, 0.1) is 5.56 Å². The zero-order valence-corrected chi connectivity index (χ0v) is 21.6. The van der Waals surface area contributed by atoms with Crippen molar-refractivity contribution in [1.82, 2.24) is 19.9 Å². The Balaban J connectivity index is 1.20. The van der Waals surface area contributed by atoms with E-state index in [1.807, 2.05) is 25.3 Å². The number of amides is 1. The molecule has 0 bridgehead atoms. The first-order chi connectivity index (χ1) is 18.0. The van der Waals surface area contributed by atoms with Gasteiger partial charge >= 0.3 is 0 Å². The quantitative estimate of drug-likeness (QED) is 0.546. The average molecular weight is 496 g/mol. The van der Waals surface area contributed by atoms with Crippen LogP contribution in [0.2, 0.25) is 0 Å². The van der Waals surface area contributed by atoms with Gasteiger partial charge in [0.15, 0.2) is 0 Å². The lowest BCUT2D eigenvalue weighted by Crippen LogP contribution is -2.33. The molecule has 3 aromatic rings. The predicted molar refractivity (Wildman–Crippen MR) is 143 cm³/mol. The number of nitrogens with zero attached hydrogens (tertiary/aromatic N) is 4. The van der Waals surface area contributed by atoms with E-state index in [-0.39, 0.29) is 17.2 Å². The molecule has 1 saturated carbocycles. The van der Waals surface area contributed by atoms with Crippen LogP contribution >= 0.6 is 0 Å². The van der Waals surface area contributed by atoms with E-state index < -0.39 is 0 Å². The van der Waals surface area contributed by atoms with Gasteiger partial charge in [0, 0.05) is 54.2 Å². The molecular weight excluding hydrogens is 462 g/mol. The van der Waals surface area contributed by atoms with Crippen molar-refractivity contribution in [1.29, 1.82) is 0 Å². The molecule has 0 unspecified atom stereocenters. The van der Waals surface area contributed by atoms with Gasteiger partial charge < -0.3 is 15.0 Å². The molecule has 190 valence electrons. The molecule has 1 spiro atoms. The Morgan fingerprint density at radius 1 is 1.05 bits per heavy atom. The van der Waals surface area contributed by atoms with Gasteiger partial charge in [-0.15, -0.1) is 0 Å². The average Bonchev–Trinajstić information content (AvgIpc) is 3.64. The van der Waals surface area contributed by atoms with Crippen LogP contribution in [-0.4, -0.2) is 59.1 Å². The number of anilines is 1. The highest BCUT2D eigenvalue weighted by atomic mass is 16.5. The third kappa shape index (κ3) is 4.96. The van der Waals surface area contributed by atoms with Crippen LogP contribution in [0.1, 0.15) is 60.5 Å². The monoisotopic (exact) mass is 495 g/mol. The Morgan fingerprint density at radius 3 is 2.62 bits per heavy atom. The van der Waals surface area contributed by atoms with Crippen LogP contribution in [0.15, 0.2) is 36.8 Å². The molecule has 5 heterocycles. The number of hydrogen-bond donors (Lipinski definition) is 1. The number of pyridine rings is 3. The Kier molecular flexibility index (Phi) is 6.39. The first-order valence-corrected chi connectivity index (χ1v) is 13.3. The zero-order chi connectivity index (χ0) is 25.4. The number of aromatic nitrogens is 3. The van der Waals surface area contributed by atoms with Gasteiger partial charge in [0.25, 0.3) is 0 Å². The van der Waals surface area contributed by atoms with Crippen LogP contribution in [0.25, 0.3) is 10.8 Å². The molecule has 3 fully saturated rings. The molecule has 7 nitrogen and oxygen atoms in total. The van der Waals surface area contributed by atoms with Gasteiger partial charge in [-0.05, 0) is 94.1 Å². The summed E-state index contributed by atoms with van der Waals surface area (Å²) in [6.07, 6.45) is 10.8. The van der Waals surface area contributed by atoms with Crippen molar-refractivity contribution in [3.63, 3.8) is 0 Å². The minimum Gasteiger partial charge on any atom is -0.381 e. The highest BCUT2D eigenvalue weighted by molar-refractivity contribution is 5.97. The minimum atomic E-state index is 0.0867. The van der Waals surface area contributed by atoms with Crippen LogP contribution in [0.5, 0.6) is 0 Å². The van der Waals surface area contributed by atoms with E-state index in [0.29, 0.717) is 11.7 Å². The number of piperidine rings is 1. The normalized spacial score (nSPS) is 21.4. The molecule has 2 saturated heterocycles. The summed E-state index contributed by atoms with van der Waals surface area (Å²) in [6.45, 7) is 5.73. The number of carbonyl (C=O) groups excluding carboxylic acids is 1. The van der Waals surface area contributed by atoms with Gasteiger partial charge in [-0.3, -0.25) is 9.78 Å². The third-order valence-electron chi connectivity index (χ3n) is 8.52. The minimum absolute atomic E-state index is 0.0867. The molecule has 0 radical (unpaired) electrons. The Morgan fingerprint density at radius 2 is 1.86 bits per heavy atom. The van der Waals surface area contributed by atoms with Crippen LogP contribution in [0, 0.1) is 30.1 Å². The maximum Gasteiger partial charge on any atom is 0.229 e. The SMILES string of the molecule is Cc1ncc(C#Cc2ccc(C3CCOCC3)cn2)c2cc(NC(=O)[C@H]3CC34CCN(C)CC4)ncc12. The fourth-order valence-electron chi connectivity index (χ4n) is 5.87. The van der Waals surface area contributed by atoms with Crippen LogP contribution in [0.3, 0.4) is 0 Å². The van der Waals surface area contributed by atoms with Gasteiger partial charge in [-0.2, -0.15) is 0 Å². The van der Waals surface area contributed by atoms with Crippen LogP contribution in [0.4, 0.5) is 5.82 Å². The number of aryl methyl sites for hydroxylation is 1. The van der Waals surface area contributed by atoms with Gasteiger partial charge in [-0.1, -0.05) is 12.0 Å². The lowest BCUT2D eigenvalue weighted by molar-refractivity contribution is -0.118. The second kappa shape index (κ2) is 9.85. The van der Waals surface area contributed by atoms with Crippen molar-refractivity contribution in [2.75, 3.05) is 38.7 Å². The van der Waals surface area contributed by atoms with E-state index in [9.17, 15) is 4.79 Å². The second-order valence-corrected chi connectivity index (χ2v) is 10.9. The molecule has 1 atom stereocenters. The van der Waals surface area contributed by atoms with E-state index in [1.54, 1.807) is 12.4 Å². The standard InChI is InChI=1S/C30H33N5O2/c1-20-26-19-33-28(34-29(36)27-16-30(27)9-11-35(2)12-10-30)15-25(26)23(18-31-20)4-6-24-5-3-22(17-32-24)21-7-13-37-14-8-21/h3,5,15,17-19,21,27H,7-14,16H2,1-2H3,(H,33,34,36)/t27-/m1/s1. The van der Waals surface area contributed by atoms with Crippen LogP contribution in [-0.2, 0) is 9.53 Å². The molecule has 1 aliphatic carbocycles. The predicted octanol–water partition coefficient (Wildman–Crippen LogP) is 4.30. The molecule has 2 aliphatic heterocycles. The van der Waals surface area contributed by atoms with Gasteiger partial charge in [0.2, 0.25) is 5.91 Å². The summed E-state index contributed by atoms with van der Waals surface area (Å²) in [5.41, 5.74) is 3.85. The summed E-state index contributed by atoms with van der Waals surface area (Å²) in [5.74, 6) is 7.71. The van der Waals surface area contributed by atoms with E-state index in [1.165, 1.54) is 5.56 Å². The number of ether oxygens (including phenoxy) is 1. The van der Waals surface area contributed by atoms with Crippen LogP contribution < -0.4 is 5.32 Å². The van der Waals surface area contributed by atoms with Gasteiger partial charge in [0.1, 0.15) is 11.5 Å². The lowest BCUT2D eigenvalue weighted by Gasteiger charge is -2.29. The van der Waals surface area contributed by atoms with E-state index in [4.69, 9.17) is 4.74 Å². The highest BCUT2D eigenvalue weighted by Gasteiger charge is 2.58. The highest BCUT2D eigenvalue weighted by Crippen LogP contribution is 2.59. The summed E-state index contributed by atoms with van der Waals surface area (Å²) in [4.78, 5) is 29.0. The molecule has 3 aliphatic rings. The van der Waals surface area contributed by atoms with Crippen molar-refractivity contribution in [2.45, 2.75) is 44.9 Å². The fraction of sp³-hybridized carbons (Fsp3) is 0.467. The van der Waals surface area contributed by atoms with Crippen molar-refractivity contribution < 1.29 is 9.53 Å². The number of likely N-dealkylation sites (tertiary alicyclic amines) is 1. The van der Waals surface area contributed by atoms with Crippen molar-refractivity contribution in [3.05, 3.63) is 59.3 Å². The molecular formula is C30H33N5O2. The molecule has 37 heavy (non-hydrogen) atoms. The van der Waals surface area contributed by atoms with Crippen molar-refractivity contribution >= 4 is 22.5 Å². The number of rotatable bonds is 3.